The van der Waals surface area contributed by atoms with Gasteiger partial charge in [-0.05, 0) is 85.8 Å². The van der Waals surface area contributed by atoms with Gasteiger partial charge in [0.05, 0.1) is 0 Å². The van der Waals surface area contributed by atoms with E-state index in [1.54, 1.807) is 35.2 Å². The number of aryl methyl sites for hydroxylation is 2. The molecule has 7 heteroatoms. The Morgan fingerprint density at radius 2 is 1.59 bits per heavy atom. The van der Waals surface area contributed by atoms with E-state index in [1.165, 1.54) is 12.1 Å². The number of nitrogens with zero attached hydrogens (tertiary/aromatic N) is 1. The molecule has 192 valence electrons. The second-order valence-electron chi connectivity index (χ2n) is 9.79. The standard InChI is InChI=1S/C30H32N2O5/c1-19-7-11-24(17-20(19)2)32(30(35)22-10-14-26-27(18-22)37-16-15-36-26)28(21-8-12-25(33)13-9-21)29(34)31-23-5-3-4-6-23/h7-14,17-18,23,28,33H,3-6,15-16H2,1-2H3,(H,31,34)/t28-/m1/s1. The van der Waals surface area contributed by atoms with Crippen molar-refractivity contribution < 1.29 is 24.2 Å². The number of nitrogens with one attached hydrogen (secondary N) is 1. The second-order valence-corrected chi connectivity index (χ2v) is 9.79. The third-order valence-corrected chi connectivity index (χ3v) is 7.19. The lowest BCUT2D eigenvalue weighted by molar-refractivity contribution is -0.123. The molecule has 0 radical (unpaired) electrons. The minimum absolute atomic E-state index is 0.0816. The molecule has 0 unspecified atom stereocenters. The van der Waals surface area contributed by atoms with Crippen LogP contribution in [-0.4, -0.2) is 36.2 Å². The number of carbonyl (C=O) groups excluding carboxylic acids is 2. The molecule has 2 amide bonds. The summed E-state index contributed by atoms with van der Waals surface area (Å²) >= 11 is 0. The number of hydrogen-bond donors (Lipinski definition) is 2. The van der Waals surface area contributed by atoms with Gasteiger partial charge >= 0.3 is 0 Å². The molecule has 7 nitrogen and oxygen atoms in total. The normalized spacial score (nSPS) is 15.7. The van der Waals surface area contributed by atoms with Gasteiger partial charge in [-0.3, -0.25) is 14.5 Å². The quantitative estimate of drug-likeness (QED) is 0.484. The van der Waals surface area contributed by atoms with Crippen molar-refractivity contribution in [3.63, 3.8) is 0 Å². The van der Waals surface area contributed by atoms with Crippen LogP contribution >= 0.6 is 0 Å². The Balaban J connectivity index is 1.62. The highest BCUT2D eigenvalue weighted by molar-refractivity contribution is 6.10. The second kappa shape index (κ2) is 10.5. The number of benzene rings is 3. The Morgan fingerprint density at radius 1 is 0.892 bits per heavy atom. The van der Waals surface area contributed by atoms with Gasteiger partial charge < -0.3 is 19.9 Å². The highest BCUT2D eigenvalue weighted by Gasteiger charge is 2.35. The van der Waals surface area contributed by atoms with Crippen LogP contribution in [0.25, 0.3) is 0 Å². The van der Waals surface area contributed by atoms with Crippen LogP contribution in [-0.2, 0) is 4.79 Å². The minimum Gasteiger partial charge on any atom is -0.508 e. The van der Waals surface area contributed by atoms with E-state index < -0.39 is 6.04 Å². The summed E-state index contributed by atoms with van der Waals surface area (Å²) in [4.78, 5) is 29.7. The average molecular weight is 501 g/mol. The predicted octanol–water partition coefficient (Wildman–Crippen LogP) is 5.23. The van der Waals surface area contributed by atoms with Gasteiger partial charge in [0.2, 0.25) is 5.91 Å². The van der Waals surface area contributed by atoms with Crippen LogP contribution in [0.4, 0.5) is 5.69 Å². The monoisotopic (exact) mass is 500 g/mol. The SMILES string of the molecule is Cc1ccc(N(C(=O)c2ccc3c(c2)OCCO3)[C@@H](C(=O)NC2CCCC2)c2ccc(O)cc2)cc1C. The van der Waals surface area contributed by atoms with Crippen molar-refractivity contribution in [2.24, 2.45) is 0 Å². The van der Waals surface area contributed by atoms with Gasteiger partial charge in [-0.15, -0.1) is 0 Å². The van der Waals surface area contributed by atoms with E-state index >= 15 is 0 Å². The number of phenolic OH excluding ortho intramolecular Hbond substituents is 1. The number of amides is 2. The Morgan fingerprint density at radius 3 is 2.30 bits per heavy atom. The lowest BCUT2D eigenvalue weighted by Gasteiger charge is -2.33. The number of aromatic hydroxyl groups is 1. The summed E-state index contributed by atoms with van der Waals surface area (Å²) in [6, 6.07) is 16.5. The number of hydrogen-bond acceptors (Lipinski definition) is 5. The Hall–Kier alpha value is -4.00. The molecule has 1 aliphatic heterocycles. The Bertz CT molecular complexity index is 1300. The van der Waals surface area contributed by atoms with Gasteiger partial charge in [-0.25, -0.2) is 0 Å². The van der Waals surface area contributed by atoms with Crippen LogP contribution < -0.4 is 19.7 Å². The molecule has 0 bridgehead atoms. The van der Waals surface area contributed by atoms with Crippen LogP contribution in [0.1, 0.15) is 58.8 Å². The van der Waals surface area contributed by atoms with Crippen LogP contribution in [0, 0.1) is 13.8 Å². The van der Waals surface area contributed by atoms with Gasteiger partial charge in [0.15, 0.2) is 11.5 Å². The first-order valence-corrected chi connectivity index (χ1v) is 12.8. The van der Waals surface area contributed by atoms with Crippen LogP contribution in [0.3, 0.4) is 0 Å². The number of fused-ring (bicyclic) bond motifs is 1. The fourth-order valence-electron chi connectivity index (χ4n) is 5.00. The zero-order chi connectivity index (χ0) is 25.9. The number of ether oxygens (including phenoxy) is 2. The van der Waals surface area contributed by atoms with E-state index in [1.807, 2.05) is 32.0 Å². The molecular weight excluding hydrogens is 468 g/mol. The molecule has 1 aliphatic carbocycles. The lowest BCUT2D eigenvalue weighted by atomic mass is 9.99. The molecule has 1 heterocycles. The first-order valence-electron chi connectivity index (χ1n) is 12.8. The maximum atomic E-state index is 14.3. The highest BCUT2D eigenvalue weighted by atomic mass is 16.6. The summed E-state index contributed by atoms with van der Waals surface area (Å²) < 4.78 is 11.4. The third-order valence-electron chi connectivity index (χ3n) is 7.19. The number of carbonyl (C=O) groups is 2. The maximum Gasteiger partial charge on any atom is 0.259 e. The molecule has 5 rings (SSSR count). The molecule has 3 aromatic rings. The summed E-state index contributed by atoms with van der Waals surface area (Å²) in [6.45, 7) is 4.86. The number of rotatable bonds is 6. The smallest absolute Gasteiger partial charge is 0.259 e. The molecule has 0 saturated heterocycles. The number of anilines is 1. The summed E-state index contributed by atoms with van der Waals surface area (Å²) in [5.74, 6) is 0.611. The Labute approximate surface area is 217 Å². The highest BCUT2D eigenvalue weighted by Crippen LogP contribution is 2.35. The van der Waals surface area contributed by atoms with Crippen molar-refractivity contribution in [1.82, 2.24) is 5.32 Å². The minimum atomic E-state index is -0.941. The zero-order valence-corrected chi connectivity index (χ0v) is 21.2. The van der Waals surface area contributed by atoms with Crippen molar-refractivity contribution >= 4 is 17.5 Å². The van der Waals surface area contributed by atoms with Gasteiger partial charge in [0, 0.05) is 17.3 Å². The van der Waals surface area contributed by atoms with Crippen molar-refractivity contribution in [2.75, 3.05) is 18.1 Å². The van der Waals surface area contributed by atoms with Gasteiger partial charge in [0.1, 0.15) is 25.0 Å². The van der Waals surface area contributed by atoms with E-state index in [0.717, 1.165) is 36.8 Å². The zero-order valence-electron chi connectivity index (χ0n) is 21.2. The summed E-state index contributed by atoms with van der Waals surface area (Å²) in [5.41, 5.74) is 3.71. The number of phenols is 1. The first-order chi connectivity index (χ1) is 17.9. The average Bonchev–Trinajstić information content (AvgIpc) is 3.42. The first kappa shape index (κ1) is 24.7. The predicted molar refractivity (Wildman–Crippen MR) is 141 cm³/mol. The molecule has 2 N–H and O–H groups in total. The fraction of sp³-hybridized carbons (Fsp3) is 0.333. The van der Waals surface area contributed by atoms with E-state index in [2.05, 4.69) is 5.32 Å². The Kier molecular flexibility index (Phi) is 7.04. The topological polar surface area (TPSA) is 88.1 Å². The van der Waals surface area contributed by atoms with Crippen LogP contribution in [0.15, 0.2) is 60.7 Å². The van der Waals surface area contributed by atoms with Crippen molar-refractivity contribution in [3.05, 3.63) is 82.9 Å². The molecule has 0 aromatic heterocycles. The van der Waals surface area contributed by atoms with Crippen LogP contribution in [0.2, 0.25) is 0 Å². The molecule has 37 heavy (non-hydrogen) atoms. The summed E-state index contributed by atoms with van der Waals surface area (Å²) in [5, 5.41) is 13.1. The molecule has 1 fully saturated rings. The maximum absolute atomic E-state index is 14.3. The molecule has 1 atom stereocenters. The molecule has 2 aliphatic rings. The molecule has 0 spiro atoms. The van der Waals surface area contributed by atoms with Crippen molar-refractivity contribution in [1.29, 1.82) is 0 Å². The summed E-state index contributed by atoms with van der Waals surface area (Å²) in [7, 11) is 0. The van der Waals surface area contributed by atoms with Crippen molar-refractivity contribution in [2.45, 2.75) is 51.6 Å². The van der Waals surface area contributed by atoms with E-state index in [0.29, 0.717) is 41.5 Å². The lowest BCUT2D eigenvalue weighted by Crippen LogP contribution is -2.46. The fourth-order valence-corrected chi connectivity index (χ4v) is 5.00. The molecular formula is C30H32N2O5. The van der Waals surface area contributed by atoms with Gasteiger partial charge in [-0.1, -0.05) is 31.0 Å². The van der Waals surface area contributed by atoms with E-state index in [-0.39, 0.29) is 23.6 Å². The summed E-state index contributed by atoms with van der Waals surface area (Å²) in [6.07, 6.45) is 4.00. The van der Waals surface area contributed by atoms with Crippen molar-refractivity contribution in [3.8, 4) is 17.2 Å². The largest absolute Gasteiger partial charge is 0.508 e. The molecule has 3 aromatic carbocycles. The van der Waals surface area contributed by atoms with Gasteiger partial charge in [0.25, 0.3) is 5.91 Å². The third kappa shape index (κ3) is 5.26. The van der Waals surface area contributed by atoms with E-state index in [4.69, 9.17) is 9.47 Å². The van der Waals surface area contributed by atoms with Crippen LogP contribution in [0.5, 0.6) is 17.2 Å². The molecule has 1 saturated carbocycles. The van der Waals surface area contributed by atoms with Gasteiger partial charge in [-0.2, -0.15) is 0 Å². The van der Waals surface area contributed by atoms with E-state index in [9.17, 15) is 14.7 Å².